The van der Waals surface area contributed by atoms with Gasteiger partial charge in [-0.05, 0) is 132 Å². The molecule has 3 heterocycles. The minimum absolute atomic E-state index is 0. The number of esters is 2. The van der Waals surface area contributed by atoms with Crippen LogP contribution in [-0.2, 0) is 61.7 Å². The molecule has 35 nitrogen and oxygen atoms in total. The Kier molecular flexibility index (Phi) is 50.4. The maximum Gasteiger partial charge on any atom is 0.436 e. The minimum Gasteiger partial charge on any atom is -0.480 e. The first-order valence-corrected chi connectivity index (χ1v) is 32.6. The smallest absolute Gasteiger partial charge is 0.436 e. The SMILES string of the molecule is C.CC(C)C(N)C(=O)O.CC(C)C(NC(=O)OC(C)(C)C)C(=O)CN.CC(C)C(NC(=O)OC(C)(C)C)c1n[nH]c(=O)o1.CC(C)C(c1nn(C)c(=O)o1)N(C)C(=O)OC(C)(C)C.CNC(c1nn(C)c(=O)o1)C(C)C.COC(=O)C(N)C(C)C.COC(=O)C(NC(=O)OC(C)(C)C)C(C)C.Cl. The Balaban J connectivity index is -0.000000267. The number of methoxy groups -OCH3 is 2. The van der Waals surface area contributed by atoms with E-state index in [-0.39, 0.29) is 91.5 Å². The molecule has 0 aliphatic rings. The highest BCUT2D eigenvalue weighted by Crippen LogP contribution is 2.27. The average Bonchev–Trinajstić information content (AvgIpc) is 1.65. The third-order valence-electron chi connectivity index (χ3n) is 12.6. The summed E-state index contributed by atoms with van der Waals surface area (Å²) in [6.07, 6.45) is -2.26. The second kappa shape index (κ2) is 48.9. The van der Waals surface area contributed by atoms with Gasteiger partial charge in [0.1, 0.15) is 52.6 Å². The second-order valence-corrected chi connectivity index (χ2v) is 29.1. The molecule has 4 amide bonds. The highest BCUT2D eigenvalue weighted by molar-refractivity contribution is 5.89. The zero-order valence-electron chi connectivity index (χ0n) is 65.7. The molecule has 36 heteroatoms. The number of hydrogen-bond donors (Lipinski definition) is 9. The van der Waals surface area contributed by atoms with Crippen molar-refractivity contribution in [3.05, 3.63) is 49.3 Å². The van der Waals surface area contributed by atoms with Crippen LogP contribution in [0.25, 0.3) is 0 Å². The Morgan fingerprint density at radius 2 is 0.892 bits per heavy atom. The van der Waals surface area contributed by atoms with E-state index in [4.69, 9.17) is 54.5 Å². The molecule has 596 valence electrons. The van der Waals surface area contributed by atoms with Crippen LogP contribution in [0.15, 0.2) is 27.6 Å². The molecule has 0 spiro atoms. The van der Waals surface area contributed by atoms with Crippen LogP contribution in [0, 0.1) is 41.4 Å². The summed E-state index contributed by atoms with van der Waals surface area (Å²) in [5.74, 6) is -2.30. The number of nitrogens with one attached hydrogen (secondary N) is 5. The molecule has 3 aromatic rings. The average molecular weight is 1490 g/mol. The molecule has 12 N–H and O–H groups in total. The topological polar surface area (TPSA) is 497 Å². The van der Waals surface area contributed by atoms with Crippen molar-refractivity contribution in [3.8, 4) is 0 Å². The standard InChI is InChI=1S/C13H23N3O4.C11H19N3O4.C11H22N2O3.C11H21NO4.C8H15N3O2.C6H13NO2.C5H11NO2.CH4.ClH/c1-8(2)9(10-14-16(7)12(18)19-10)15(6)11(17)20-13(3,4)5;1-6(2)7(8-13-14-10(16)17-8)12-9(15)18-11(3,4)5;1-7(2)9(8(14)6-12)13-10(15)16-11(3,4)5;1-7(2)8(9(13)15-6)12-10(14)16-11(3,4)5;1-5(2)6(9-3)7-10-11(4)8(12)13-7;1-4(2)5(7)6(8)9-3;1-3(2)4(6)5(7)8;;/h8-9H,1-7H3;6-7H,1-5H3,(H,12,15)(H,14,16);7,9H,6,12H2,1-5H3,(H,13,15);7-8H,1-6H3,(H,12,14);5-6,9H,1-4H3;4-5H,7H2,1-3H3;3-4H,6H2,1-2H3,(H,7,8);1H4;1H. The lowest BCUT2D eigenvalue weighted by Crippen LogP contribution is -2.48. The molecule has 0 aliphatic carbocycles. The van der Waals surface area contributed by atoms with Crippen LogP contribution in [0.3, 0.4) is 0 Å². The van der Waals surface area contributed by atoms with Gasteiger partial charge in [0.2, 0.25) is 17.7 Å². The highest BCUT2D eigenvalue weighted by atomic mass is 35.5. The number of carboxylic acids is 1. The molecule has 7 unspecified atom stereocenters. The lowest BCUT2D eigenvalue weighted by atomic mass is 10.0. The van der Waals surface area contributed by atoms with Crippen LogP contribution in [0.5, 0.6) is 0 Å². The van der Waals surface area contributed by atoms with Crippen molar-refractivity contribution in [2.24, 2.45) is 72.7 Å². The van der Waals surface area contributed by atoms with Crippen LogP contribution in [0.4, 0.5) is 19.2 Å². The molecular formula is C66H129ClN14O21. The number of aromatic nitrogens is 6. The van der Waals surface area contributed by atoms with Crippen molar-refractivity contribution < 1.29 is 85.1 Å². The Morgan fingerprint density at radius 1 is 0.529 bits per heavy atom. The summed E-state index contributed by atoms with van der Waals surface area (Å²) in [5.41, 5.74) is 13.5. The van der Waals surface area contributed by atoms with Gasteiger partial charge in [-0.3, -0.25) is 19.3 Å². The number of carboxylic acid groups (broad SMARTS) is 1. The van der Waals surface area contributed by atoms with E-state index in [0.717, 1.165) is 4.68 Å². The number of halogens is 1. The maximum atomic E-state index is 12.1. The third kappa shape index (κ3) is 45.9. The number of aryl methyl sites for hydroxylation is 2. The lowest BCUT2D eigenvalue weighted by Gasteiger charge is -2.30. The molecule has 0 saturated heterocycles. The van der Waals surface area contributed by atoms with Crippen molar-refractivity contribution in [1.82, 2.24) is 55.9 Å². The quantitative estimate of drug-likeness (QED) is 0.0384. The monoisotopic (exact) mass is 1490 g/mol. The summed E-state index contributed by atoms with van der Waals surface area (Å²) in [6.45, 7) is 47.5. The fourth-order valence-corrected chi connectivity index (χ4v) is 7.32. The molecule has 0 bridgehead atoms. The fraction of sp³-hybridized carbons (Fsp3) is 0.788. The van der Waals surface area contributed by atoms with Crippen molar-refractivity contribution in [2.45, 2.75) is 252 Å². The van der Waals surface area contributed by atoms with Crippen LogP contribution < -0.4 is 55.7 Å². The maximum absolute atomic E-state index is 12.1. The molecular weight excluding hydrogens is 1360 g/mol. The molecule has 0 aromatic carbocycles. The first-order valence-electron chi connectivity index (χ1n) is 32.6. The van der Waals surface area contributed by atoms with Crippen LogP contribution in [0.1, 0.15) is 223 Å². The summed E-state index contributed by atoms with van der Waals surface area (Å²) < 4.78 is 46.8. The number of rotatable bonds is 20. The first kappa shape index (κ1) is 105. The molecule has 3 rings (SSSR count). The zero-order chi connectivity index (χ0) is 79.6. The number of H-pyrrole nitrogens is 1. The number of nitrogens with zero attached hydrogens (tertiary/aromatic N) is 6. The predicted octanol–water partition coefficient (Wildman–Crippen LogP) is 7.84. The number of aliphatic carboxylic acids is 1. The van der Waals surface area contributed by atoms with E-state index in [1.54, 1.807) is 111 Å². The predicted molar refractivity (Wildman–Crippen MR) is 387 cm³/mol. The van der Waals surface area contributed by atoms with Gasteiger partial charge in [-0.15, -0.1) is 27.7 Å². The van der Waals surface area contributed by atoms with E-state index in [1.807, 2.05) is 90.1 Å². The lowest BCUT2D eigenvalue weighted by molar-refractivity contribution is -0.144. The number of ketones is 1. The van der Waals surface area contributed by atoms with Crippen molar-refractivity contribution in [2.75, 3.05) is 34.9 Å². The zero-order valence-corrected chi connectivity index (χ0v) is 66.5. The summed E-state index contributed by atoms with van der Waals surface area (Å²) >= 11 is 0. The number of hydrogen-bond acceptors (Lipinski definition) is 27. The van der Waals surface area contributed by atoms with Gasteiger partial charge in [0.25, 0.3) is 0 Å². The number of aromatic amines is 1. The van der Waals surface area contributed by atoms with E-state index in [0.29, 0.717) is 11.8 Å². The van der Waals surface area contributed by atoms with Gasteiger partial charge in [-0.1, -0.05) is 104 Å². The molecule has 0 aliphatic heterocycles. The summed E-state index contributed by atoms with van der Waals surface area (Å²) in [7, 11) is 9.12. The molecule has 7 atom stereocenters. The van der Waals surface area contributed by atoms with Crippen molar-refractivity contribution in [1.29, 1.82) is 0 Å². The van der Waals surface area contributed by atoms with Gasteiger partial charge < -0.3 is 85.2 Å². The van der Waals surface area contributed by atoms with Gasteiger partial charge in [-0.25, -0.2) is 43.5 Å². The Bertz CT molecular complexity index is 3050. The molecule has 0 radical (unpaired) electrons. The minimum atomic E-state index is -0.931. The van der Waals surface area contributed by atoms with Crippen LogP contribution in [0.2, 0.25) is 0 Å². The van der Waals surface area contributed by atoms with Crippen molar-refractivity contribution >= 4 is 60.5 Å². The van der Waals surface area contributed by atoms with Crippen molar-refractivity contribution in [3.63, 3.8) is 0 Å². The van der Waals surface area contributed by atoms with E-state index in [1.165, 1.54) is 30.8 Å². The summed E-state index contributed by atoms with van der Waals surface area (Å²) in [5, 5.41) is 32.8. The van der Waals surface area contributed by atoms with Crippen LogP contribution in [-0.4, -0.2) is 169 Å². The Hall–Kier alpha value is -7.89. The summed E-state index contributed by atoms with van der Waals surface area (Å²) in [4.78, 5) is 125. The van der Waals surface area contributed by atoms with Gasteiger partial charge in [0.15, 0.2) is 5.78 Å². The van der Waals surface area contributed by atoms with E-state index < -0.39 is 112 Å². The normalized spacial score (nSPS) is 13.2. The molecule has 0 fully saturated rings. The number of alkyl carbamates (subject to hydrolysis) is 3. The van der Waals surface area contributed by atoms with E-state index >= 15 is 0 Å². The Morgan fingerprint density at radius 3 is 1.14 bits per heavy atom. The van der Waals surface area contributed by atoms with E-state index in [2.05, 4.69) is 51.1 Å². The van der Waals surface area contributed by atoms with Gasteiger partial charge in [0.05, 0.1) is 32.8 Å². The highest BCUT2D eigenvalue weighted by Gasteiger charge is 2.34. The number of carbonyl (C=O) groups is 8. The molecule has 0 saturated carbocycles. The number of carbonyl (C=O) groups excluding carboxylic acids is 7. The number of amides is 4. The van der Waals surface area contributed by atoms with E-state index in [9.17, 15) is 52.7 Å². The fourth-order valence-electron chi connectivity index (χ4n) is 7.32. The van der Waals surface area contributed by atoms with Gasteiger partial charge in [-0.2, -0.15) is 9.36 Å². The summed E-state index contributed by atoms with van der Waals surface area (Å²) in [6, 6.07) is -3.43. The molecule has 102 heavy (non-hydrogen) atoms. The number of ether oxygens (including phenoxy) is 6. The van der Waals surface area contributed by atoms with Gasteiger partial charge >= 0.3 is 59.5 Å². The van der Waals surface area contributed by atoms with Crippen LogP contribution >= 0.6 is 12.4 Å². The Labute approximate surface area is 608 Å². The van der Waals surface area contributed by atoms with Gasteiger partial charge in [0, 0.05) is 21.1 Å². The third-order valence-corrected chi connectivity index (χ3v) is 12.6. The second-order valence-electron chi connectivity index (χ2n) is 29.1. The largest absolute Gasteiger partial charge is 0.480 e. The number of nitrogens with two attached hydrogens (primary N) is 3. The molecule has 3 aromatic heterocycles. The first-order chi connectivity index (χ1) is 45.3. The number of Topliss-reactive ketones (excluding diaryl/α,β-unsaturated/α-hetero) is 1.